The van der Waals surface area contributed by atoms with Gasteiger partial charge in [-0.25, -0.2) is 5.10 Å². The Balaban J connectivity index is 1.37. The number of rotatable bonds is 6. The number of nitrogens with one attached hydrogen (secondary N) is 4. The van der Waals surface area contributed by atoms with Crippen LogP contribution in [0.5, 0.6) is 0 Å². The molecule has 2 aromatic heterocycles. The third-order valence-corrected chi connectivity index (χ3v) is 6.45. The number of H-pyrrole nitrogens is 2. The number of benzene rings is 3. The van der Waals surface area contributed by atoms with Crippen molar-refractivity contribution in [1.82, 2.24) is 25.6 Å². The van der Waals surface area contributed by atoms with Gasteiger partial charge in [0.1, 0.15) is 5.69 Å². The lowest BCUT2D eigenvalue weighted by atomic mass is 10.1. The number of fused-ring (bicyclic) bond motifs is 1. The predicted octanol–water partition coefficient (Wildman–Crippen LogP) is 5.85. The van der Waals surface area contributed by atoms with Crippen LogP contribution in [0.1, 0.15) is 16.1 Å². The maximum atomic E-state index is 13.1. The van der Waals surface area contributed by atoms with Crippen molar-refractivity contribution in [1.29, 1.82) is 0 Å². The first-order valence-electron chi connectivity index (χ1n) is 10.6. The minimum Gasteiger partial charge on any atom is -0.349 e. The number of carbonyl (C=O) groups is 2. The van der Waals surface area contributed by atoms with Crippen molar-refractivity contribution in [2.24, 2.45) is 0 Å². The number of aromatic amines is 2. The third-order valence-electron chi connectivity index (χ3n) is 5.37. The average molecular weight is 585 g/mol. The number of hydrogen-bond acceptors (Lipinski definition) is 5. The molecule has 2 amide bonds. The summed E-state index contributed by atoms with van der Waals surface area (Å²) in [6, 6.07) is 17.4. The highest BCUT2D eigenvalue weighted by Crippen LogP contribution is 2.30. The molecule has 0 radical (unpaired) electrons. The lowest BCUT2D eigenvalue weighted by Gasteiger charge is -2.09. The van der Waals surface area contributed by atoms with E-state index >= 15 is 0 Å². The average Bonchev–Trinajstić information content (AvgIpc) is 3.53. The summed E-state index contributed by atoms with van der Waals surface area (Å²) >= 11 is 15.6. The maximum absolute atomic E-state index is 13.1. The summed E-state index contributed by atoms with van der Waals surface area (Å²) in [5, 5.41) is 21.3. The van der Waals surface area contributed by atoms with Crippen LogP contribution in [0.2, 0.25) is 10.0 Å². The Kier molecular flexibility index (Phi) is 6.73. The molecule has 0 saturated carbocycles. The quantitative estimate of drug-likeness (QED) is 0.199. The predicted molar refractivity (Wildman–Crippen MR) is 142 cm³/mol. The maximum Gasteiger partial charge on any atom is 0.272 e. The molecule has 5 rings (SSSR count). The van der Waals surface area contributed by atoms with Gasteiger partial charge in [-0.1, -0.05) is 57.3 Å². The summed E-state index contributed by atoms with van der Waals surface area (Å²) in [7, 11) is 0. The molecule has 3 aromatic carbocycles. The zero-order chi connectivity index (χ0) is 25.2. The number of hydrogen-bond donors (Lipinski definition) is 4. The molecule has 0 aliphatic carbocycles. The van der Waals surface area contributed by atoms with Crippen molar-refractivity contribution >= 4 is 73.2 Å². The number of anilines is 2. The second-order valence-corrected chi connectivity index (χ2v) is 9.57. The Morgan fingerprint density at radius 2 is 1.83 bits per heavy atom. The lowest BCUT2D eigenvalue weighted by Crippen LogP contribution is -2.15. The van der Waals surface area contributed by atoms with E-state index in [1.165, 1.54) is 0 Å². The summed E-state index contributed by atoms with van der Waals surface area (Å²) < 4.78 is 0.804. The molecule has 36 heavy (non-hydrogen) atoms. The molecule has 0 aliphatic heterocycles. The fraction of sp³-hybridized carbons (Fsp3) is 0.0417. The van der Waals surface area contributed by atoms with E-state index in [1.807, 2.05) is 6.07 Å². The molecule has 5 aromatic rings. The van der Waals surface area contributed by atoms with Crippen LogP contribution in [0.25, 0.3) is 22.3 Å². The van der Waals surface area contributed by atoms with Gasteiger partial charge in [-0.05, 0) is 58.5 Å². The number of aromatic nitrogens is 5. The molecule has 0 fully saturated rings. The Morgan fingerprint density at radius 1 is 0.972 bits per heavy atom. The van der Waals surface area contributed by atoms with E-state index in [1.54, 1.807) is 54.6 Å². The smallest absolute Gasteiger partial charge is 0.272 e. The van der Waals surface area contributed by atoms with Gasteiger partial charge in [0.05, 0.1) is 23.3 Å². The van der Waals surface area contributed by atoms with Gasteiger partial charge in [-0.2, -0.15) is 0 Å². The normalized spacial score (nSPS) is 11.0. The Labute approximate surface area is 222 Å². The van der Waals surface area contributed by atoms with Gasteiger partial charge >= 0.3 is 0 Å². The highest BCUT2D eigenvalue weighted by molar-refractivity contribution is 9.10. The molecular weight excluding hydrogens is 569 g/mol. The van der Waals surface area contributed by atoms with Crippen LogP contribution >= 0.6 is 39.1 Å². The molecule has 2 heterocycles. The molecule has 0 aliphatic rings. The zero-order valence-electron chi connectivity index (χ0n) is 18.3. The summed E-state index contributed by atoms with van der Waals surface area (Å²) in [4.78, 5) is 28.9. The largest absolute Gasteiger partial charge is 0.349 e. The highest BCUT2D eigenvalue weighted by Gasteiger charge is 2.17. The summed E-state index contributed by atoms with van der Waals surface area (Å²) in [5.74, 6) is -0.214. The van der Waals surface area contributed by atoms with Gasteiger partial charge in [0.25, 0.3) is 5.91 Å². The topological polar surface area (TPSA) is 128 Å². The second-order valence-electron chi connectivity index (χ2n) is 7.81. The number of nitrogens with zero attached hydrogens (tertiary/aromatic N) is 3. The van der Waals surface area contributed by atoms with Crippen LogP contribution in [-0.2, 0) is 11.2 Å². The van der Waals surface area contributed by atoms with E-state index in [4.69, 9.17) is 23.2 Å². The number of tetrazole rings is 1. The van der Waals surface area contributed by atoms with E-state index < -0.39 is 0 Å². The second kappa shape index (κ2) is 10.1. The zero-order valence-corrected chi connectivity index (χ0v) is 21.4. The summed E-state index contributed by atoms with van der Waals surface area (Å²) in [6.07, 6.45) is 0.0727. The monoisotopic (exact) mass is 583 g/mol. The third kappa shape index (κ3) is 5.11. The summed E-state index contributed by atoms with van der Waals surface area (Å²) in [6.45, 7) is 0. The highest BCUT2D eigenvalue weighted by atomic mass is 79.9. The van der Waals surface area contributed by atoms with Crippen LogP contribution in [0, 0.1) is 0 Å². The van der Waals surface area contributed by atoms with Crippen molar-refractivity contribution in [3.63, 3.8) is 0 Å². The Bertz CT molecular complexity index is 1600. The minimum absolute atomic E-state index is 0.0727. The first-order valence-corrected chi connectivity index (χ1v) is 12.1. The standard InChI is InChI=1S/C24H16BrCl2N7O2/c25-14-5-7-18(16(10-14)23-31-33-34-32-23)30-24(36)20-8-13-2-1-3-19(22(13)29-20)28-21(35)9-12-4-6-15(26)11-17(12)27/h1-8,10-11,29H,9H2,(H,28,35)(H,30,36)(H,31,32,33,34). The van der Waals surface area contributed by atoms with Gasteiger partial charge in [0.15, 0.2) is 5.82 Å². The fourth-order valence-corrected chi connectivity index (χ4v) is 4.54. The molecule has 12 heteroatoms. The van der Waals surface area contributed by atoms with E-state index in [9.17, 15) is 9.59 Å². The lowest BCUT2D eigenvalue weighted by molar-refractivity contribution is -0.115. The molecule has 0 spiro atoms. The van der Waals surface area contributed by atoms with E-state index in [0.29, 0.717) is 49.6 Å². The van der Waals surface area contributed by atoms with Crippen LogP contribution in [0.15, 0.2) is 65.1 Å². The van der Waals surface area contributed by atoms with E-state index in [-0.39, 0.29) is 18.2 Å². The van der Waals surface area contributed by atoms with Crippen LogP contribution in [-0.4, -0.2) is 37.4 Å². The SMILES string of the molecule is O=C(Cc1ccc(Cl)cc1Cl)Nc1cccc2cc(C(=O)Nc3ccc(Br)cc3-c3nnn[nH]3)[nH]c12. The first-order chi connectivity index (χ1) is 17.4. The van der Waals surface area contributed by atoms with Crippen molar-refractivity contribution in [3.05, 3.63) is 86.4 Å². The van der Waals surface area contributed by atoms with Gasteiger partial charge < -0.3 is 15.6 Å². The minimum atomic E-state index is -0.368. The van der Waals surface area contributed by atoms with Gasteiger partial charge in [0, 0.05) is 25.5 Å². The molecule has 4 N–H and O–H groups in total. The summed E-state index contributed by atoms with van der Waals surface area (Å²) in [5.41, 5.74) is 3.27. The first kappa shape index (κ1) is 24.0. The van der Waals surface area contributed by atoms with Crippen LogP contribution in [0.3, 0.4) is 0 Å². The van der Waals surface area contributed by atoms with Crippen LogP contribution < -0.4 is 10.6 Å². The van der Waals surface area contributed by atoms with Crippen molar-refractivity contribution in [2.45, 2.75) is 6.42 Å². The molecule has 180 valence electrons. The molecule has 0 atom stereocenters. The Hall–Kier alpha value is -3.73. The van der Waals surface area contributed by atoms with Crippen molar-refractivity contribution < 1.29 is 9.59 Å². The fourth-order valence-electron chi connectivity index (χ4n) is 3.70. The molecule has 0 saturated heterocycles. The van der Waals surface area contributed by atoms with Gasteiger partial charge in [-0.15, -0.1) is 5.10 Å². The Morgan fingerprint density at radius 3 is 2.61 bits per heavy atom. The number of carbonyl (C=O) groups excluding carboxylic acids is 2. The molecule has 0 unspecified atom stereocenters. The molecule has 9 nitrogen and oxygen atoms in total. The van der Waals surface area contributed by atoms with Crippen molar-refractivity contribution in [3.8, 4) is 11.4 Å². The van der Waals surface area contributed by atoms with E-state index in [2.05, 4.69) is 52.2 Å². The van der Waals surface area contributed by atoms with Crippen LogP contribution in [0.4, 0.5) is 11.4 Å². The number of amides is 2. The number of para-hydroxylation sites is 1. The van der Waals surface area contributed by atoms with Gasteiger partial charge in [0.2, 0.25) is 5.91 Å². The van der Waals surface area contributed by atoms with Crippen molar-refractivity contribution in [2.75, 3.05) is 10.6 Å². The molecule has 0 bridgehead atoms. The molecular formula is C24H16BrCl2N7O2. The van der Waals surface area contributed by atoms with E-state index in [0.717, 1.165) is 9.86 Å². The van der Waals surface area contributed by atoms with Gasteiger partial charge in [-0.3, -0.25) is 9.59 Å². The number of halogens is 3.